The summed E-state index contributed by atoms with van der Waals surface area (Å²) in [6.07, 6.45) is 0.816. The summed E-state index contributed by atoms with van der Waals surface area (Å²) < 4.78 is 0. The van der Waals surface area contributed by atoms with Crippen LogP contribution in [-0.4, -0.2) is 62.5 Å². The third-order valence-corrected chi connectivity index (χ3v) is 4.54. The van der Waals surface area contributed by atoms with E-state index in [2.05, 4.69) is 15.5 Å². The lowest BCUT2D eigenvalue weighted by Crippen LogP contribution is -2.46. The topological polar surface area (TPSA) is 64.7 Å². The molecular formula is C17H24N4O2. The Morgan fingerprint density at radius 1 is 1.22 bits per heavy atom. The van der Waals surface area contributed by atoms with Crippen molar-refractivity contribution >= 4 is 17.5 Å². The molecule has 2 aliphatic heterocycles. The summed E-state index contributed by atoms with van der Waals surface area (Å²) in [6.45, 7) is 7.94. The number of piperazine rings is 1. The highest BCUT2D eigenvalue weighted by molar-refractivity contribution is 5.97. The van der Waals surface area contributed by atoms with E-state index in [1.165, 1.54) is 0 Å². The van der Waals surface area contributed by atoms with Crippen LogP contribution in [0.5, 0.6) is 0 Å². The van der Waals surface area contributed by atoms with Gasteiger partial charge in [-0.3, -0.25) is 14.5 Å². The molecule has 0 bridgehead atoms. The van der Waals surface area contributed by atoms with Gasteiger partial charge in [0.1, 0.15) is 0 Å². The molecule has 6 nitrogen and oxygen atoms in total. The Balaban J connectivity index is 1.55. The van der Waals surface area contributed by atoms with E-state index in [0.29, 0.717) is 18.7 Å². The minimum absolute atomic E-state index is 0.0378. The number of nitrogens with one attached hydrogen (secondary N) is 2. The van der Waals surface area contributed by atoms with Crippen LogP contribution < -0.4 is 15.5 Å². The van der Waals surface area contributed by atoms with Crippen LogP contribution in [0, 0.1) is 0 Å². The number of anilines is 1. The molecular weight excluding hydrogens is 292 g/mol. The van der Waals surface area contributed by atoms with Gasteiger partial charge in [0.05, 0.1) is 0 Å². The molecule has 1 saturated heterocycles. The van der Waals surface area contributed by atoms with Crippen LogP contribution in [0.4, 0.5) is 5.69 Å². The average Bonchev–Trinajstić information content (AvgIpc) is 2.99. The fraction of sp³-hybridized carbons (Fsp3) is 0.529. The molecule has 1 aromatic rings. The predicted octanol–water partition coefficient (Wildman–Crippen LogP) is 0.231. The Morgan fingerprint density at radius 2 is 2.00 bits per heavy atom. The standard InChI is InChI=1S/C17H24N4O2/c1-13(22)21-8-4-14-12-15(2-3-16(14)21)17(23)19-7-11-20-9-5-18-6-10-20/h2-3,12,18H,4-11H2,1H3,(H,19,23). The maximum atomic E-state index is 12.3. The van der Waals surface area contributed by atoms with Crippen LogP contribution in [0.1, 0.15) is 22.8 Å². The van der Waals surface area contributed by atoms with Gasteiger partial charge in [0.2, 0.25) is 5.91 Å². The van der Waals surface area contributed by atoms with E-state index in [4.69, 9.17) is 0 Å². The summed E-state index contributed by atoms with van der Waals surface area (Å²) >= 11 is 0. The minimum Gasteiger partial charge on any atom is -0.351 e. The molecule has 0 aromatic heterocycles. The van der Waals surface area contributed by atoms with Crippen molar-refractivity contribution in [3.8, 4) is 0 Å². The second kappa shape index (κ2) is 7.10. The van der Waals surface area contributed by atoms with Crippen LogP contribution in [0.25, 0.3) is 0 Å². The van der Waals surface area contributed by atoms with Crippen molar-refractivity contribution in [1.82, 2.24) is 15.5 Å². The fourth-order valence-corrected chi connectivity index (χ4v) is 3.23. The van der Waals surface area contributed by atoms with Gasteiger partial charge in [0, 0.05) is 64.0 Å². The van der Waals surface area contributed by atoms with Crippen molar-refractivity contribution in [2.45, 2.75) is 13.3 Å². The maximum Gasteiger partial charge on any atom is 0.251 e. The molecule has 2 amide bonds. The molecule has 0 spiro atoms. The summed E-state index contributed by atoms with van der Waals surface area (Å²) in [7, 11) is 0. The number of rotatable bonds is 4. The molecule has 124 valence electrons. The zero-order valence-corrected chi connectivity index (χ0v) is 13.6. The molecule has 2 N–H and O–H groups in total. The summed E-state index contributed by atoms with van der Waals surface area (Å²) in [5.41, 5.74) is 2.69. The maximum absolute atomic E-state index is 12.3. The first kappa shape index (κ1) is 16.0. The van der Waals surface area contributed by atoms with Gasteiger partial charge >= 0.3 is 0 Å². The summed E-state index contributed by atoms with van der Waals surface area (Å²) in [5.74, 6) is 0.0150. The van der Waals surface area contributed by atoms with Gasteiger partial charge in [-0.25, -0.2) is 0 Å². The Kier molecular flexibility index (Phi) is 4.93. The van der Waals surface area contributed by atoms with Gasteiger partial charge in [-0.2, -0.15) is 0 Å². The Labute approximate surface area is 136 Å². The number of nitrogens with zero attached hydrogens (tertiary/aromatic N) is 2. The van der Waals surface area contributed by atoms with Crippen molar-refractivity contribution < 1.29 is 9.59 Å². The van der Waals surface area contributed by atoms with Gasteiger partial charge in [-0.05, 0) is 30.2 Å². The molecule has 2 aliphatic rings. The van der Waals surface area contributed by atoms with Crippen molar-refractivity contribution in [2.75, 3.05) is 50.7 Å². The lowest BCUT2D eigenvalue weighted by molar-refractivity contribution is -0.116. The third kappa shape index (κ3) is 3.71. The Hall–Kier alpha value is -1.92. The molecule has 1 aromatic carbocycles. The average molecular weight is 316 g/mol. The van der Waals surface area contributed by atoms with E-state index in [0.717, 1.165) is 50.4 Å². The highest BCUT2D eigenvalue weighted by Crippen LogP contribution is 2.28. The zero-order valence-electron chi connectivity index (χ0n) is 13.6. The molecule has 0 atom stereocenters. The van der Waals surface area contributed by atoms with Crippen molar-refractivity contribution in [3.63, 3.8) is 0 Å². The number of benzene rings is 1. The highest BCUT2D eigenvalue weighted by Gasteiger charge is 2.23. The van der Waals surface area contributed by atoms with E-state index >= 15 is 0 Å². The molecule has 23 heavy (non-hydrogen) atoms. The van der Waals surface area contributed by atoms with E-state index in [-0.39, 0.29) is 11.8 Å². The first-order chi connectivity index (χ1) is 11.1. The normalized spacial score (nSPS) is 17.9. The van der Waals surface area contributed by atoms with E-state index < -0.39 is 0 Å². The Bertz CT molecular complexity index is 596. The SMILES string of the molecule is CC(=O)N1CCc2cc(C(=O)NCCN3CCNCC3)ccc21. The molecule has 0 radical (unpaired) electrons. The molecule has 2 heterocycles. The predicted molar refractivity (Wildman–Crippen MR) is 89.8 cm³/mol. The molecule has 3 rings (SSSR count). The van der Waals surface area contributed by atoms with Crippen LogP contribution in [0.15, 0.2) is 18.2 Å². The number of hydrogen-bond donors (Lipinski definition) is 2. The Morgan fingerprint density at radius 3 is 2.74 bits per heavy atom. The highest BCUT2D eigenvalue weighted by atomic mass is 16.2. The minimum atomic E-state index is -0.0378. The first-order valence-corrected chi connectivity index (χ1v) is 8.27. The number of fused-ring (bicyclic) bond motifs is 1. The molecule has 0 aliphatic carbocycles. The first-order valence-electron chi connectivity index (χ1n) is 8.27. The summed E-state index contributed by atoms with van der Waals surface area (Å²) in [4.78, 5) is 28.0. The number of carbonyl (C=O) groups excluding carboxylic acids is 2. The second-order valence-corrected chi connectivity index (χ2v) is 6.11. The number of carbonyl (C=O) groups is 2. The van der Waals surface area contributed by atoms with Gasteiger partial charge in [-0.15, -0.1) is 0 Å². The lowest BCUT2D eigenvalue weighted by Gasteiger charge is -2.27. The second-order valence-electron chi connectivity index (χ2n) is 6.11. The molecule has 1 fully saturated rings. The van der Waals surface area contributed by atoms with Crippen LogP contribution in [0.2, 0.25) is 0 Å². The lowest BCUT2D eigenvalue weighted by atomic mass is 10.1. The fourth-order valence-electron chi connectivity index (χ4n) is 3.23. The van der Waals surface area contributed by atoms with Crippen molar-refractivity contribution in [3.05, 3.63) is 29.3 Å². The van der Waals surface area contributed by atoms with Crippen LogP contribution in [-0.2, 0) is 11.2 Å². The van der Waals surface area contributed by atoms with E-state index in [9.17, 15) is 9.59 Å². The monoisotopic (exact) mass is 316 g/mol. The molecule has 6 heteroatoms. The summed E-state index contributed by atoms with van der Waals surface area (Å²) in [5, 5.41) is 6.31. The van der Waals surface area contributed by atoms with Crippen LogP contribution in [0.3, 0.4) is 0 Å². The van der Waals surface area contributed by atoms with E-state index in [1.54, 1.807) is 17.9 Å². The van der Waals surface area contributed by atoms with Gasteiger partial charge in [0.15, 0.2) is 0 Å². The van der Waals surface area contributed by atoms with Crippen molar-refractivity contribution in [2.24, 2.45) is 0 Å². The third-order valence-electron chi connectivity index (χ3n) is 4.54. The number of hydrogen-bond acceptors (Lipinski definition) is 4. The van der Waals surface area contributed by atoms with Crippen LogP contribution >= 0.6 is 0 Å². The van der Waals surface area contributed by atoms with Gasteiger partial charge in [-0.1, -0.05) is 0 Å². The molecule has 0 unspecified atom stereocenters. The number of amides is 2. The largest absolute Gasteiger partial charge is 0.351 e. The quantitative estimate of drug-likeness (QED) is 0.835. The van der Waals surface area contributed by atoms with Gasteiger partial charge < -0.3 is 15.5 Å². The van der Waals surface area contributed by atoms with Gasteiger partial charge in [0.25, 0.3) is 5.91 Å². The molecule has 0 saturated carbocycles. The van der Waals surface area contributed by atoms with E-state index in [1.807, 2.05) is 12.1 Å². The van der Waals surface area contributed by atoms with Crippen molar-refractivity contribution in [1.29, 1.82) is 0 Å². The smallest absolute Gasteiger partial charge is 0.251 e. The summed E-state index contributed by atoms with van der Waals surface area (Å²) in [6, 6.07) is 5.60. The zero-order chi connectivity index (χ0) is 16.2.